The molecule has 2 aromatic rings. The first-order valence-electron chi connectivity index (χ1n) is 4.05. The molecule has 1 unspecified atom stereocenters. The molecule has 2 heterocycles. The average molecular weight is 194 g/mol. The van der Waals surface area contributed by atoms with E-state index < -0.39 is 0 Å². The Hall–Kier alpha value is -1.03. The highest BCUT2D eigenvalue weighted by atomic mass is 32.2. The minimum Gasteiger partial charge on any atom is -0.421 e. The fraction of sp³-hybridized carbons (Fsp3) is 0.333. The van der Waals surface area contributed by atoms with Crippen LogP contribution in [0.25, 0.3) is 11.2 Å². The molecule has 0 saturated heterocycles. The molecule has 4 heteroatoms. The van der Waals surface area contributed by atoms with Crippen molar-refractivity contribution >= 4 is 23.0 Å². The predicted molar refractivity (Wildman–Crippen MR) is 53.7 cm³/mol. The first-order chi connectivity index (χ1) is 6.31. The van der Waals surface area contributed by atoms with Gasteiger partial charge < -0.3 is 4.42 Å². The molecule has 0 aliphatic carbocycles. The number of rotatable bonds is 2. The van der Waals surface area contributed by atoms with Crippen LogP contribution in [0.1, 0.15) is 18.1 Å². The Kier molecular flexibility index (Phi) is 2.22. The van der Waals surface area contributed by atoms with Crippen molar-refractivity contribution in [1.29, 1.82) is 0 Å². The monoisotopic (exact) mass is 194 g/mol. The van der Waals surface area contributed by atoms with Gasteiger partial charge in [-0.1, -0.05) is 0 Å². The Morgan fingerprint density at radius 3 is 3.08 bits per heavy atom. The Morgan fingerprint density at radius 1 is 1.54 bits per heavy atom. The van der Waals surface area contributed by atoms with E-state index >= 15 is 0 Å². The van der Waals surface area contributed by atoms with Crippen molar-refractivity contribution in [2.24, 2.45) is 0 Å². The summed E-state index contributed by atoms with van der Waals surface area (Å²) < 4.78 is 5.48. The maximum absolute atomic E-state index is 5.48. The van der Waals surface area contributed by atoms with E-state index in [-0.39, 0.29) is 5.25 Å². The zero-order valence-corrected chi connectivity index (χ0v) is 8.34. The molecule has 3 nitrogen and oxygen atoms in total. The second-order valence-electron chi connectivity index (χ2n) is 2.76. The van der Waals surface area contributed by atoms with Crippen molar-refractivity contribution in [3.05, 3.63) is 24.2 Å². The summed E-state index contributed by atoms with van der Waals surface area (Å²) in [6.45, 7) is 2.06. The van der Waals surface area contributed by atoms with Gasteiger partial charge in [0, 0.05) is 6.20 Å². The Morgan fingerprint density at radius 2 is 2.38 bits per heavy atom. The van der Waals surface area contributed by atoms with E-state index in [9.17, 15) is 0 Å². The normalized spacial score (nSPS) is 13.4. The number of pyridine rings is 1. The van der Waals surface area contributed by atoms with Gasteiger partial charge in [0.25, 0.3) is 0 Å². The summed E-state index contributed by atoms with van der Waals surface area (Å²) in [7, 11) is 0. The number of hydrogen-bond donors (Lipinski definition) is 0. The summed E-state index contributed by atoms with van der Waals surface area (Å²) in [5.41, 5.74) is 1.46. The highest BCUT2D eigenvalue weighted by Crippen LogP contribution is 2.26. The second-order valence-corrected chi connectivity index (χ2v) is 3.94. The molecule has 2 aromatic heterocycles. The van der Waals surface area contributed by atoms with Gasteiger partial charge in [-0.2, -0.15) is 11.8 Å². The highest BCUT2D eigenvalue weighted by molar-refractivity contribution is 7.98. The molecule has 0 amide bonds. The Bertz CT molecular complexity index is 380. The van der Waals surface area contributed by atoms with Crippen LogP contribution in [0.2, 0.25) is 0 Å². The fourth-order valence-electron chi connectivity index (χ4n) is 1.06. The van der Waals surface area contributed by atoms with Crippen LogP contribution in [0.4, 0.5) is 0 Å². The summed E-state index contributed by atoms with van der Waals surface area (Å²) in [5.74, 6) is 0.751. The molecule has 0 spiro atoms. The van der Waals surface area contributed by atoms with Gasteiger partial charge in [-0.25, -0.2) is 9.97 Å². The lowest BCUT2D eigenvalue weighted by Gasteiger charge is -1.99. The summed E-state index contributed by atoms with van der Waals surface area (Å²) in [4.78, 5) is 8.41. The van der Waals surface area contributed by atoms with Gasteiger partial charge in [-0.05, 0) is 25.3 Å². The van der Waals surface area contributed by atoms with Gasteiger partial charge in [0.1, 0.15) is 5.52 Å². The number of thioether (sulfide) groups is 1. The predicted octanol–water partition coefficient (Wildman–Crippen LogP) is 2.65. The van der Waals surface area contributed by atoms with Crippen LogP contribution in [0, 0.1) is 0 Å². The van der Waals surface area contributed by atoms with Gasteiger partial charge in [0.15, 0.2) is 0 Å². The van der Waals surface area contributed by atoms with E-state index in [1.54, 1.807) is 18.0 Å². The summed E-state index contributed by atoms with van der Waals surface area (Å²) in [5, 5.41) is 0.286. The first-order valence-corrected chi connectivity index (χ1v) is 5.34. The second kappa shape index (κ2) is 3.38. The molecule has 2 rings (SSSR count). The van der Waals surface area contributed by atoms with Crippen molar-refractivity contribution in [3.8, 4) is 0 Å². The van der Waals surface area contributed by atoms with Gasteiger partial charge >= 0.3 is 0 Å². The third-order valence-electron chi connectivity index (χ3n) is 1.88. The van der Waals surface area contributed by atoms with Gasteiger partial charge in [0.05, 0.1) is 5.25 Å². The van der Waals surface area contributed by atoms with Gasteiger partial charge in [0.2, 0.25) is 11.6 Å². The number of aromatic nitrogens is 2. The average Bonchev–Trinajstić information content (AvgIpc) is 2.59. The maximum Gasteiger partial charge on any atom is 0.246 e. The van der Waals surface area contributed by atoms with Gasteiger partial charge in [-0.15, -0.1) is 0 Å². The van der Waals surface area contributed by atoms with E-state index in [4.69, 9.17) is 4.42 Å². The molecule has 13 heavy (non-hydrogen) atoms. The van der Waals surface area contributed by atoms with Crippen LogP contribution >= 0.6 is 11.8 Å². The van der Waals surface area contributed by atoms with Crippen molar-refractivity contribution in [1.82, 2.24) is 9.97 Å². The minimum absolute atomic E-state index is 0.286. The molecule has 0 fully saturated rings. The van der Waals surface area contributed by atoms with Crippen molar-refractivity contribution in [2.45, 2.75) is 12.2 Å². The molecule has 68 valence electrons. The molecule has 0 N–H and O–H groups in total. The van der Waals surface area contributed by atoms with Gasteiger partial charge in [-0.3, -0.25) is 0 Å². The SMILES string of the molecule is CSC(C)c1nc2cccnc2o1. The summed E-state index contributed by atoms with van der Waals surface area (Å²) in [6.07, 6.45) is 3.74. The zero-order chi connectivity index (χ0) is 9.26. The van der Waals surface area contributed by atoms with E-state index in [0.717, 1.165) is 11.4 Å². The molecule has 0 bridgehead atoms. The van der Waals surface area contributed by atoms with Crippen LogP contribution in [-0.4, -0.2) is 16.2 Å². The molecule has 0 saturated carbocycles. The summed E-state index contributed by atoms with van der Waals surface area (Å²) >= 11 is 1.71. The largest absolute Gasteiger partial charge is 0.421 e. The third-order valence-corrected chi connectivity index (χ3v) is 2.79. The van der Waals surface area contributed by atoms with E-state index in [0.29, 0.717) is 5.71 Å². The van der Waals surface area contributed by atoms with Crippen LogP contribution in [-0.2, 0) is 0 Å². The molecule has 0 aliphatic heterocycles. The Labute approximate surface area is 80.6 Å². The maximum atomic E-state index is 5.48. The number of oxazole rings is 1. The lowest BCUT2D eigenvalue weighted by Crippen LogP contribution is -1.85. The van der Waals surface area contributed by atoms with E-state index in [2.05, 4.69) is 16.9 Å². The number of hydrogen-bond acceptors (Lipinski definition) is 4. The van der Waals surface area contributed by atoms with Crippen molar-refractivity contribution < 1.29 is 4.42 Å². The van der Waals surface area contributed by atoms with Crippen molar-refractivity contribution in [3.63, 3.8) is 0 Å². The molecule has 0 aromatic carbocycles. The minimum atomic E-state index is 0.286. The van der Waals surface area contributed by atoms with Crippen LogP contribution in [0.3, 0.4) is 0 Å². The first kappa shape index (κ1) is 8.56. The molecule has 0 radical (unpaired) electrons. The van der Waals surface area contributed by atoms with Crippen LogP contribution in [0.15, 0.2) is 22.7 Å². The van der Waals surface area contributed by atoms with E-state index in [1.807, 2.05) is 18.4 Å². The van der Waals surface area contributed by atoms with Crippen LogP contribution in [0.5, 0.6) is 0 Å². The lowest BCUT2D eigenvalue weighted by atomic mass is 10.4. The number of fused-ring (bicyclic) bond motifs is 1. The number of nitrogens with zero attached hydrogens (tertiary/aromatic N) is 2. The molecular formula is C9H10N2OS. The molecule has 0 aliphatic rings. The molecule has 1 atom stereocenters. The topological polar surface area (TPSA) is 38.9 Å². The standard InChI is InChI=1S/C9H10N2OS/c1-6(13-2)8-11-7-4-3-5-10-9(7)12-8/h3-6H,1-2H3. The fourth-order valence-corrected chi connectivity index (χ4v) is 1.36. The van der Waals surface area contributed by atoms with E-state index in [1.165, 1.54) is 0 Å². The van der Waals surface area contributed by atoms with Crippen LogP contribution < -0.4 is 0 Å². The lowest BCUT2D eigenvalue weighted by molar-refractivity contribution is 0.526. The quantitative estimate of drug-likeness (QED) is 0.736. The van der Waals surface area contributed by atoms with Crippen molar-refractivity contribution in [2.75, 3.05) is 6.26 Å². The Balaban J connectivity index is 2.49. The molecular weight excluding hydrogens is 184 g/mol. The third kappa shape index (κ3) is 1.54. The smallest absolute Gasteiger partial charge is 0.246 e. The zero-order valence-electron chi connectivity index (χ0n) is 7.52. The summed E-state index contributed by atoms with van der Waals surface area (Å²) in [6, 6.07) is 3.76. The highest BCUT2D eigenvalue weighted by Gasteiger charge is 2.11.